The minimum atomic E-state index is 0.166. The summed E-state index contributed by atoms with van der Waals surface area (Å²) in [5.74, 6) is 0.934. The van der Waals surface area contributed by atoms with Crippen LogP contribution in [0.3, 0.4) is 0 Å². The first-order chi connectivity index (χ1) is 8.26. The highest BCUT2D eigenvalue weighted by molar-refractivity contribution is 5.27. The lowest BCUT2D eigenvalue weighted by Crippen LogP contribution is -2.31. The zero-order valence-corrected chi connectivity index (χ0v) is 11.0. The van der Waals surface area contributed by atoms with Crippen LogP contribution in [0.1, 0.15) is 19.4 Å². The monoisotopic (exact) mass is 237 g/mol. The van der Waals surface area contributed by atoms with Crippen LogP contribution in [0, 0.1) is 0 Å². The molecule has 0 aliphatic rings. The van der Waals surface area contributed by atoms with E-state index < -0.39 is 0 Å². The summed E-state index contributed by atoms with van der Waals surface area (Å²) in [5.41, 5.74) is 1.34. The SMILES string of the molecule is CCc1ccc(OC(C)CNCCOC)cc1. The van der Waals surface area contributed by atoms with Gasteiger partial charge in [0.15, 0.2) is 0 Å². The van der Waals surface area contributed by atoms with E-state index in [2.05, 4.69) is 31.3 Å². The van der Waals surface area contributed by atoms with Crippen LogP contribution in [-0.4, -0.2) is 32.9 Å². The molecule has 1 atom stereocenters. The maximum Gasteiger partial charge on any atom is 0.119 e. The summed E-state index contributed by atoms with van der Waals surface area (Å²) in [6.45, 7) is 6.64. The van der Waals surface area contributed by atoms with Crippen molar-refractivity contribution < 1.29 is 9.47 Å². The van der Waals surface area contributed by atoms with Crippen LogP contribution in [0.25, 0.3) is 0 Å². The molecule has 0 saturated carbocycles. The molecule has 1 unspecified atom stereocenters. The van der Waals surface area contributed by atoms with Gasteiger partial charge in [0.2, 0.25) is 0 Å². The number of benzene rings is 1. The molecule has 3 heteroatoms. The zero-order valence-electron chi connectivity index (χ0n) is 11.0. The summed E-state index contributed by atoms with van der Waals surface area (Å²) in [6.07, 6.45) is 1.23. The van der Waals surface area contributed by atoms with E-state index >= 15 is 0 Å². The molecular weight excluding hydrogens is 214 g/mol. The van der Waals surface area contributed by atoms with E-state index in [-0.39, 0.29) is 6.10 Å². The minimum Gasteiger partial charge on any atom is -0.489 e. The second-order valence-electron chi connectivity index (χ2n) is 4.12. The van der Waals surface area contributed by atoms with E-state index in [4.69, 9.17) is 9.47 Å². The van der Waals surface area contributed by atoms with Crippen LogP contribution in [0.15, 0.2) is 24.3 Å². The Kier molecular flexibility index (Phi) is 6.67. The lowest BCUT2D eigenvalue weighted by Gasteiger charge is -2.15. The lowest BCUT2D eigenvalue weighted by molar-refractivity contribution is 0.184. The van der Waals surface area contributed by atoms with Crippen molar-refractivity contribution in [2.24, 2.45) is 0 Å². The average molecular weight is 237 g/mol. The third-order valence-electron chi connectivity index (χ3n) is 2.58. The Balaban J connectivity index is 2.26. The molecule has 1 aromatic rings. The Labute approximate surface area is 104 Å². The highest BCUT2D eigenvalue weighted by atomic mass is 16.5. The first-order valence-corrected chi connectivity index (χ1v) is 6.21. The van der Waals surface area contributed by atoms with Crippen molar-refractivity contribution in [3.8, 4) is 5.75 Å². The van der Waals surface area contributed by atoms with Gasteiger partial charge in [0.25, 0.3) is 0 Å². The summed E-state index contributed by atoms with van der Waals surface area (Å²) in [4.78, 5) is 0. The molecular formula is C14H23NO2. The second kappa shape index (κ2) is 8.09. The van der Waals surface area contributed by atoms with Gasteiger partial charge in [0.1, 0.15) is 11.9 Å². The Morgan fingerprint density at radius 2 is 1.94 bits per heavy atom. The van der Waals surface area contributed by atoms with Gasteiger partial charge in [0, 0.05) is 20.2 Å². The average Bonchev–Trinajstić information content (AvgIpc) is 2.36. The molecule has 17 heavy (non-hydrogen) atoms. The first-order valence-electron chi connectivity index (χ1n) is 6.21. The van der Waals surface area contributed by atoms with Crippen LogP contribution in [0.5, 0.6) is 5.75 Å². The van der Waals surface area contributed by atoms with Gasteiger partial charge in [0.05, 0.1) is 6.61 Å². The summed E-state index contributed by atoms with van der Waals surface area (Å²) in [6, 6.07) is 8.29. The molecule has 1 aromatic carbocycles. The minimum absolute atomic E-state index is 0.166. The first kappa shape index (κ1) is 14.0. The molecule has 0 bridgehead atoms. The van der Waals surface area contributed by atoms with Crippen molar-refractivity contribution in [2.45, 2.75) is 26.4 Å². The number of rotatable bonds is 8. The highest BCUT2D eigenvalue weighted by Crippen LogP contribution is 2.13. The normalized spacial score (nSPS) is 12.4. The third-order valence-corrected chi connectivity index (χ3v) is 2.58. The topological polar surface area (TPSA) is 30.5 Å². The number of hydrogen-bond donors (Lipinski definition) is 1. The van der Waals surface area contributed by atoms with E-state index in [1.165, 1.54) is 5.56 Å². The molecule has 96 valence electrons. The van der Waals surface area contributed by atoms with Gasteiger partial charge >= 0.3 is 0 Å². The molecule has 0 aromatic heterocycles. The van der Waals surface area contributed by atoms with Crippen LogP contribution >= 0.6 is 0 Å². The van der Waals surface area contributed by atoms with Crippen molar-refractivity contribution in [2.75, 3.05) is 26.8 Å². The van der Waals surface area contributed by atoms with Gasteiger partial charge < -0.3 is 14.8 Å². The number of aryl methyl sites for hydroxylation is 1. The number of hydrogen-bond acceptors (Lipinski definition) is 3. The van der Waals surface area contributed by atoms with E-state index in [1.54, 1.807) is 7.11 Å². The Hall–Kier alpha value is -1.06. The highest BCUT2D eigenvalue weighted by Gasteiger charge is 2.03. The predicted molar refractivity (Wildman–Crippen MR) is 70.7 cm³/mol. The zero-order chi connectivity index (χ0) is 12.5. The van der Waals surface area contributed by atoms with Gasteiger partial charge in [-0.1, -0.05) is 19.1 Å². The predicted octanol–water partition coefficient (Wildman–Crippen LogP) is 2.25. The van der Waals surface area contributed by atoms with Crippen molar-refractivity contribution in [1.82, 2.24) is 5.32 Å². The van der Waals surface area contributed by atoms with Gasteiger partial charge in [-0.2, -0.15) is 0 Å². The molecule has 1 N–H and O–H groups in total. The fraction of sp³-hybridized carbons (Fsp3) is 0.571. The standard InChI is InChI=1S/C14H23NO2/c1-4-13-5-7-14(8-6-13)17-12(2)11-15-9-10-16-3/h5-8,12,15H,4,9-11H2,1-3H3. The molecule has 3 nitrogen and oxygen atoms in total. The number of methoxy groups -OCH3 is 1. The Morgan fingerprint density at radius 1 is 1.24 bits per heavy atom. The summed E-state index contributed by atoms with van der Waals surface area (Å²) >= 11 is 0. The Bertz CT molecular complexity index is 298. The molecule has 1 rings (SSSR count). The van der Waals surface area contributed by atoms with Crippen LogP contribution in [-0.2, 0) is 11.2 Å². The maximum absolute atomic E-state index is 5.79. The van der Waals surface area contributed by atoms with E-state index in [1.807, 2.05) is 12.1 Å². The van der Waals surface area contributed by atoms with Gasteiger partial charge in [-0.3, -0.25) is 0 Å². The molecule has 0 radical (unpaired) electrons. The molecule has 0 fully saturated rings. The Morgan fingerprint density at radius 3 is 2.53 bits per heavy atom. The van der Waals surface area contributed by atoms with Crippen molar-refractivity contribution in [1.29, 1.82) is 0 Å². The molecule has 0 amide bonds. The largest absolute Gasteiger partial charge is 0.489 e. The fourth-order valence-corrected chi connectivity index (χ4v) is 1.56. The number of nitrogens with one attached hydrogen (secondary N) is 1. The summed E-state index contributed by atoms with van der Waals surface area (Å²) < 4.78 is 10.8. The smallest absolute Gasteiger partial charge is 0.119 e. The van der Waals surface area contributed by atoms with Crippen LogP contribution in [0.2, 0.25) is 0 Å². The van der Waals surface area contributed by atoms with Crippen molar-refractivity contribution in [3.05, 3.63) is 29.8 Å². The molecule has 0 aliphatic carbocycles. The van der Waals surface area contributed by atoms with E-state index in [9.17, 15) is 0 Å². The van der Waals surface area contributed by atoms with Crippen LogP contribution in [0.4, 0.5) is 0 Å². The molecule has 0 heterocycles. The van der Waals surface area contributed by atoms with Crippen molar-refractivity contribution in [3.63, 3.8) is 0 Å². The van der Waals surface area contributed by atoms with Crippen molar-refractivity contribution >= 4 is 0 Å². The van der Waals surface area contributed by atoms with E-state index in [0.29, 0.717) is 0 Å². The number of ether oxygens (including phenoxy) is 2. The van der Waals surface area contributed by atoms with Gasteiger partial charge in [-0.05, 0) is 31.0 Å². The van der Waals surface area contributed by atoms with Crippen LogP contribution < -0.4 is 10.1 Å². The lowest BCUT2D eigenvalue weighted by atomic mass is 10.2. The van der Waals surface area contributed by atoms with E-state index in [0.717, 1.165) is 31.9 Å². The molecule has 0 aliphatic heterocycles. The second-order valence-corrected chi connectivity index (χ2v) is 4.12. The molecule has 0 saturated heterocycles. The fourth-order valence-electron chi connectivity index (χ4n) is 1.56. The third kappa shape index (κ3) is 5.71. The van der Waals surface area contributed by atoms with Gasteiger partial charge in [-0.15, -0.1) is 0 Å². The summed E-state index contributed by atoms with van der Waals surface area (Å²) in [7, 11) is 1.71. The maximum atomic E-state index is 5.79. The molecule has 0 spiro atoms. The summed E-state index contributed by atoms with van der Waals surface area (Å²) in [5, 5.41) is 3.28. The van der Waals surface area contributed by atoms with Gasteiger partial charge in [-0.25, -0.2) is 0 Å². The quantitative estimate of drug-likeness (QED) is 0.703.